The molecule has 2 aromatic carbocycles. The van der Waals surface area contributed by atoms with Crippen LogP contribution in [-0.4, -0.2) is 38.4 Å². The number of hydrogen-bond acceptors (Lipinski definition) is 6. The van der Waals surface area contributed by atoms with Crippen molar-refractivity contribution < 1.29 is 13.5 Å². The summed E-state index contributed by atoms with van der Waals surface area (Å²) in [5.74, 6) is -0.213. The van der Waals surface area contributed by atoms with Gasteiger partial charge in [-0.3, -0.25) is 9.67 Å². The summed E-state index contributed by atoms with van der Waals surface area (Å²) < 4.78 is 35.6. The van der Waals surface area contributed by atoms with Gasteiger partial charge in [-0.25, -0.2) is 18.7 Å². The van der Waals surface area contributed by atoms with Crippen LogP contribution in [0.15, 0.2) is 73.3 Å². The molecule has 3 heterocycles. The molecule has 5 aromatic rings. The number of nitrogens with zero attached hydrogens (tertiary/aromatic N) is 5. The lowest BCUT2D eigenvalue weighted by Crippen LogP contribution is -2.06. The van der Waals surface area contributed by atoms with E-state index < -0.39 is 11.6 Å². The van der Waals surface area contributed by atoms with Crippen LogP contribution in [0.2, 0.25) is 0 Å². The lowest BCUT2D eigenvalue weighted by Gasteiger charge is -2.15. The zero-order valence-electron chi connectivity index (χ0n) is 18.9. The third kappa shape index (κ3) is 4.79. The van der Waals surface area contributed by atoms with Crippen molar-refractivity contribution in [2.45, 2.75) is 13.0 Å². The summed E-state index contributed by atoms with van der Waals surface area (Å²) in [6.45, 7) is 1.11. The third-order valence-electron chi connectivity index (χ3n) is 5.52. The first-order chi connectivity index (χ1) is 17.1. The minimum Gasteiger partial charge on any atom is -0.491 e. The van der Waals surface area contributed by atoms with Gasteiger partial charge in [0.25, 0.3) is 0 Å². The van der Waals surface area contributed by atoms with E-state index in [-0.39, 0.29) is 0 Å². The Morgan fingerprint density at radius 1 is 0.943 bits per heavy atom. The highest BCUT2D eigenvalue weighted by Gasteiger charge is 2.16. The molecule has 0 atom stereocenters. The Kier molecular flexibility index (Phi) is 6.30. The first-order valence-electron chi connectivity index (χ1n) is 11.1. The number of ether oxygens (including phenoxy) is 1. The zero-order valence-corrected chi connectivity index (χ0v) is 18.9. The Balaban J connectivity index is 1.59. The second kappa shape index (κ2) is 9.84. The molecule has 0 fully saturated rings. The molecule has 1 N–H and O–H groups in total. The van der Waals surface area contributed by atoms with Crippen molar-refractivity contribution in [2.75, 3.05) is 19.0 Å². The lowest BCUT2D eigenvalue weighted by atomic mass is 10.0. The smallest absolute Gasteiger partial charge is 0.163 e. The molecular formula is C26H22F2N6O. The maximum atomic E-state index is 14.0. The van der Waals surface area contributed by atoms with Gasteiger partial charge in [0.15, 0.2) is 17.5 Å². The quantitative estimate of drug-likeness (QED) is 0.307. The van der Waals surface area contributed by atoms with Gasteiger partial charge >= 0.3 is 0 Å². The van der Waals surface area contributed by atoms with Gasteiger partial charge in [0.05, 0.1) is 6.61 Å². The van der Waals surface area contributed by atoms with E-state index in [1.54, 1.807) is 31.7 Å². The average molecular weight is 472 g/mol. The molecule has 0 radical (unpaired) electrons. The van der Waals surface area contributed by atoms with Crippen LogP contribution < -0.4 is 10.1 Å². The van der Waals surface area contributed by atoms with Crippen molar-refractivity contribution in [3.8, 4) is 28.3 Å². The fraction of sp³-hybridized carbons (Fsp3) is 0.154. The lowest BCUT2D eigenvalue weighted by molar-refractivity contribution is 0.301. The third-order valence-corrected chi connectivity index (χ3v) is 5.52. The monoisotopic (exact) mass is 472 g/mol. The maximum absolute atomic E-state index is 14.0. The standard InChI is InChI=1S/C26H22F2N6O/c1-29-26-20-13-19(17-6-7-21(27)22(28)14-17)15-23(35-12-4-11-34-10-3-9-31-34)24(20)32-25(33-26)18-5-2-8-30-16-18/h2-3,5-10,13-16H,4,11-12H2,1H3,(H,29,32,33). The number of anilines is 1. The van der Waals surface area contributed by atoms with E-state index in [1.807, 2.05) is 35.1 Å². The van der Waals surface area contributed by atoms with E-state index in [4.69, 9.17) is 9.72 Å². The topological polar surface area (TPSA) is 77.8 Å². The number of hydrogen-bond donors (Lipinski definition) is 1. The molecule has 9 heteroatoms. The molecule has 0 bridgehead atoms. The summed E-state index contributed by atoms with van der Waals surface area (Å²) in [7, 11) is 1.77. The van der Waals surface area contributed by atoms with Gasteiger partial charge < -0.3 is 10.1 Å². The van der Waals surface area contributed by atoms with Gasteiger partial charge in [-0.15, -0.1) is 0 Å². The predicted octanol–water partition coefficient (Wildman–Crippen LogP) is 5.34. The van der Waals surface area contributed by atoms with E-state index in [0.29, 0.717) is 52.6 Å². The number of fused-ring (bicyclic) bond motifs is 1. The highest BCUT2D eigenvalue weighted by atomic mass is 19.2. The molecule has 35 heavy (non-hydrogen) atoms. The Labute approximate surface area is 200 Å². The number of benzene rings is 2. The first-order valence-corrected chi connectivity index (χ1v) is 11.1. The predicted molar refractivity (Wildman–Crippen MR) is 130 cm³/mol. The highest BCUT2D eigenvalue weighted by Crippen LogP contribution is 2.36. The van der Waals surface area contributed by atoms with Gasteiger partial charge in [0.2, 0.25) is 0 Å². The Bertz CT molecular complexity index is 1460. The summed E-state index contributed by atoms with van der Waals surface area (Å²) >= 11 is 0. The van der Waals surface area contributed by atoms with Crippen LogP contribution >= 0.6 is 0 Å². The van der Waals surface area contributed by atoms with E-state index >= 15 is 0 Å². The molecule has 0 spiro atoms. The summed E-state index contributed by atoms with van der Waals surface area (Å²) in [6, 6.07) is 13.0. The maximum Gasteiger partial charge on any atom is 0.163 e. The van der Waals surface area contributed by atoms with Gasteiger partial charge in [-0.2, -0.15) is 5.10 Å². The summed E-state index contributed by atoms with van der Waals surface area (Å²) in [4.78, 5) is 13.6. The number of aryl methyl sites for hydroxylation is 1. The van der Waals surface area contributed by atoms with Gasteiger partial charge in [0.1, 0.15) is 17.1 Å². The Morgan fingerprint density at radius 3 is 2.60 bits per heavy atom. The fourth-order valence-electron chi connectivity index (χ4n) is 3.81. The molecule has 0 saturated heterocycles. The molecule has 0 aliphatic carbocycles. The number of halogens is 2. The number of pyridine rings is 1. The highest BCUT2D eigenvalue weighted by molar-refractivity contribution is 5.97. The van der Waals surface area contributed by atoms with E-state index in [1.165, 1.54) is 12.1 Å². The molecule has 3 aromatic heterocycles. The van der Waals surface area contributed by atoms with E-state index in [9.17, 15) is 8.78 Å². The summed E-state index contributed by atoms with van der Waals surface area (Å²) in [6.07, 6.45) is 7.73. The number of rotatable bonds is 8. The summed E-state index contributed by atoms with van der Waals surface area (Å²) in [5, 5.41) is 8.03. The van der Waals surface area contributed by atoms with Gasteiger partial charge in [0, 0.05) is 55.8 Å². The minimum absolute atomic E-state index is 0.414. The average Bonchev–Trinajstić information content (AvgIpc) is 3.41. The van der Waals surface area contributed by atoms with Gasteiger partial charge in [-0.05, 0) is 53.6 Å². The van der Waals surface area contributed by atoms with Crippen LogP contribution in [0.1, 0.15) is 6.42 Å². The molecule has 0 amide bonds. The molecule has 5 rings (SSSR count). The van der Waals surface area contributed by atoms with Crippen molar-refractivity contribution in [1.29, 1.82) is 0 Å². The van der Waals surface area contributed by atoms with Crippen LogP contribution in [0.3, 0.4) is 0 Å². The molecule has 0 unspecified atom stereocenters. The molecular weight excluding hydrogens is 450 g/mol. The normalized spacial score (nSPS) is 11.1. The second-order valence-electron chi connectivity index (χ2n) is 7.86. The van der Waals surface area contributed by atoms with E-state index in [2.05, 4.69) is 20.4 Å². The van der Waals surface area contributed by atoms with Crippen molar-refractivity contribution in [3.63, 3.8) is 0 Å². The molecule has 0 aliphatic heterocycles. The van der Waals surface area contributed by atoms with E-state index in [0.717, 1.165) is 18.1 Å². The van der Waals surface area contributed by atoms with Crippen LogP contribution in [0.25, 0.3) is 33.4 Å². The number of aromatic nitrogens is 5. The second-order valence-corrected chi connectivity index (χ2v) is 7.86. The molecule has 7 nitrogen and oxygen atoms in total. The first kappa shape index (κ1) is 22.4. The van der Waals surface area contributed by atoms with Crippen molar-refractivity contribution in [2.24, 2.45) is 0 Å². The van der Waals surface area contributed by atoms with Crippen molar-refractivity contribution in [1.82, 2.24) is 24.7 Å². The zero-order chi connectivity index (χ0) is 24.2. The fourth-order valence-corrected chi connectivity index (χ4v) is 3.81. The Hall–Kier alpha value is -4.40. The van der Waals surface area contributed by atoms with Crippen LogP contribution in [0.4, 0.5) is 14.6 Å². The summed E-state index contributed by atoms with van der Waals surface area (Å²) in [5.41, 5.74) is 2.55. The molecule has 0 saturated carbocycles. The van der Waals surface area contributed by atoms with Crippen LogP contribution in [-0.2, 0) is 6.54 Å². The SMILES string of the molecule is CNc1nc(-c2cccnc2)nc2c(OCCCn3cccn3)cc(-c3ccc(F)c(F)c3)cc12. The number of nitrogens with one attached hydrogen (secondary N) is 1. The minimum atomic E-state index is -0.915. The van der Waals surface area contributed by atoms with Gasteiger partial charge in [-0.1, -0.05) is 6.07 Å². The Morgan fingerprint density at radius 2 is 1.86 bits per heavy atom. The van der Waals surface area contributed by atoms with Crippen molar-refractivity contribution >= 4 is 16.7 Å². The van der Waals surface area contributed by atoms with Crippen molar-refractivity contribution in [3.05, 3.63) is 85.0 Å². The molecule has 0 aliphatic rings. The largest absolute Gasteiger partial charge is 0.491 e. The molecule has 176 valence electrons. The van der Waals surface area contributed by atoms with Crippen LogP contribution in [0.5, 0.6) is 5.75 Å². The van der Waals surface area contributed by atoms with Crippen LogP contribution in [0, 0.1) is 11.6 Å².